The van der Waals surface area contributed by atoms with Gasteiger partial charge in [-0.1, -0.05) is 75.2 Å². The predicted molar refractivity (Wildman–Crippen MR) is 158 cm³/mol. The van der Waals surface area contributed by atoms with Crippen LogP contribution in [0.4, 0.5) is 5.69 Å². The lowest BCUT2D eigenvalue weighted by atomic mass is 9.98. The number of nitrogens with zero attached hydrogens (tertiary/aromatic N) is 2. The zero-order chi connectivity index (χ0) is 27.8. The Bertz CT molecular complexity index is 1530. The molecule has 0 radical (unpaired) electrons. The van der Waals surface area contributed by atoms with Gasteiger partial charge in [0, 0.05) is 13.0 Å². The van der Waals surface area contributed by atoms with Crippen LogP contribution in [-0.2, 0) is 27.7 Å². The van der Waals surface area contributed by atoms with E-state index in [1.54, 1.807) is 13.0 Å². The average Bonchev–Trinajstić information content (AvgIpc) is 3.29. The number of esters is 1. The summed E-state index contributed by atoms with van der Waals surface area (Å²) in [5.74, 6) is 0.686. The lowest BCUT2D eigenvalue weighted by Crippen LogP contribution is -2.17. The number of carbonyl (C=O) groups is 1. The number of para-hydroxylation sites is 1. The summed E-state index contributed by atoms with van der Waals surface area (Å²) >= 11 is 0. The predicted octanol–water partition coefficient (Wildman–Crippen LogP) is 6.81. The van der Waals surface area contributed by atoms with E-state index in [0.717, 1.165) is 59.2 Å². The van der Waals surface area contributed by atoms with E-state index in [2.05, 4.69) is 16.2 Å². The summed E-state index contributed by atoms with van der Waals surface area (Å²) in [6.45, 7) is 6.79. The van der Waals surface area contributed by atoms with Crippen molar-refractivity contribution in [2.45, 2.75) is 59.4 Å². The molecule has 0 atom stereocenters. The number of aromatic nitrogens is 2. The molecule has 1 aromatic heterocycles. The molecule has 206 valence electrons. The Kier molecular flexibility index (Phi) is 9.41. The van der Waals surface area contributed by atoms with Crippen LogP contribution in [-0.4, -0.2) is 36.3 Å². The number of hydrogen-bond acceptors (Lipinski definition) is 5. The highest BCUT2D eigenvalue weighted by atomic mass is 32.2. The first kappa shape index (κ1) is 28.4. The summed E-state index contributed by atoms with van der Waals surface area (Å²) < 4.78 is 35.7. The van der Waals surface area contributed by atoms with Gasteiger partial charge >= 0.3 is 5.97 Å². The van der Waals surface area contributed by atoms with Crippen LogP contribution in [0.25, 0.3) is 22.2 Å². The number of rotatable bonds is 13. The minimum Gasteiger partial charge on any atom is -0.462 e. The van der Waals surface area contributed by atoms with Crippen LogP contribution in [0.2, 0.25) is 0 Å². The number of fused-ring (bicyclic) bond motifs is 1. The van der Waals surface area contributed by atoms with Gasteiger partial charge in [-0.3, -0.25) is 4.72 Å². The molecular formula is C31H37N3O4S. The second kappa shape index (κ2) is 12.9. The molecule has 0 amide bonds. The molecule has 0 aliphatic rings. The molecule has 1 heterocycles. The van der Waals surface area contributed by atoms with Crippen molar-refractivity contribution < 1.29 is 17.9 Å². The fraction of sp³-hybridized carbons (Fsp3) is 0.355. The molecule has 4 rings (SSSR count). The number of aryl methyl sites for hydroxylation is 1. The lowest BCUT2D eigenvalue weighted by Gasteiger charge is -2.14. The van der Waals surface area contributed by atoms with E-state index in [1.807, 2.05) is 67.6 Å². The molecule has 8 heteroatoms. The Hall–Kier alpha value is -3.65. The van der Waals surface area contributed by atoms with Gasteiger partial charge < -0.3 is 9.30 Å². The quantitative estimate of drug-likeness (QED) is 0.186. The van der Waals surface area contributed by atoms with Crippen molar-refractivity contribution in [3.63, 3.8) is 0 Å². The zero-order valence-corrected chi connectivity index (χ0v) is 23.8. The number of imidazole rings is 1. The molecular weight excluding hydrogens is 510 g/mol. The molecule has 0 fully saturated rings. The van der Waals surface area contributed by atoms with Crippen LogP contribution in [0.1, 0.15) is 68.2 Å². The second-order valence-corrected chi connectivity index (χ2v) is 11.5. The van der Waals surface area contributed by atoms with E-state index in [9.17, 15) is 13.2 Å². The average molecular weight is 548 g/mol. The summed E-state index contributed by atoms with van der Waals surface area (Å²) in [6.07, 6.45) is 4.25. The molecule has 0 saturated carbocycles. The third-order valence-corrected chi connectivity index (χ3v) is 8.02. The van der Waals surface area contributed by atoms with E-state index in [-0.39, 0.29) is 11.7 Å². The van der Waals surface area contributed by atoms with Gasteiger partial charge in [-0.15, -0.1) is 0 Å². The Morgan fingerprint density at radius 3 is 2.38 bits per heavy atom. The molecule has 4 aromatic rings. The highest BCUT2D eigenvalue weighted by molar-refractivity contribution is 7.92. The molecule has 0 saturated heterocycles. The SMILES string of the molecule is CCCCc1nc2cccc(NS(=O)(=O)CCCC)c2n1Cc1ccc(-c2ccccc2C(=O)OCC)cc1. The number of sulfonamides is 1. The maximum atomic E-state index is 12.8. The van der Waals surface area contributed by atoms with Gasteiger partial charge in [0.1, 0.15) is 5.82 Å². The number of carbonyl (C=O) groups excluding carboxylic acids is 1. The monoisotopic (exact) mass is 547 g/mol. The fourth-order valence-electron chi connectivity index (χ4n) is 4.66. The van der Waals surface area contributed by atoms with Crippen LogP contribution >= 0.6 is 0 Å². The molecule has 0 aliphatic heterocycles. The van der Waals surface area contributed by atoms with Gasteiger partial charge in [0.15, 0.2) is 0 Å². The minimum atomic E-state index is -3.47. The molecule has 3 aromatic carbocycles. The Labute approximate surface area is 231 Å². The van der Waals surface area contributed by atoms with Crippen molar-refractivity contribution in [2.75, 3.05) is 17.1 Å². The van der Waals surface area contributed by atoms with Crippen molar-refractivity contribution in [3.8, 4) is 11.1 Å². The molecule has 0 aliphatic carbocycles. The van der Waals surface area contributed by atoms with Crippen LogP contribution < -0.4 is 4.72 Å². The first-order valence-electron chi connectivity index (χ1n) is 13.7. The highest BCUT2D eigenvalue weighted by Gasteiger charge is 2.19. The fourth-order valence-corrected chi connectivity index (χ4v) is 5.93. The molecule has 0 spiro atoms. The van der Waals surface area contributed by atoms with Crippen LogP contribution in [0, 0.1) is 0 Å². The van der Waals surface area contributed by atoms with Crippen LogP contribution in [0.3, 0.4) is 0 Å². The van der Waals surface area contributed by atoms with Crippen molar-refractivity contribution >= 4 is 32.7 Å². The number of hydrogen-bond donors (Lipinski definition) is 1. The van der Waals surface area contributed by atoms with E-state index in [4.69, 9.17) is 9.72 Å². The maximum absolute atomic E-state index is 12.8. The van der Waals surface area contributed by atoms with E-state index in [0.29, 0.717) is 30.8 Å². The van der Waals surface area contributed by atoms with Crippen LogP contribution in [0.15, 0.2) is 66.7 Å². The largest absolute Gasteiger partial charge is 0.462 e. The van der Waals surface area contributed by atoms with Gasteiger partial charge in [0.2, 0.25) is 10.0 Å². The first-order valence-corrected chi connectivity index (χ1v) is 15.4. The molecule has 0 unspecified atom stereocenters. The minimum absolute atomic E-state index is 0.0887. The first-order chi connectivity index (χ1) is 18.9. The number of anilines is 1. The Morgan fingerprint density at radius 2 is 1.67 bits per heavy atom. The number of ether oxygens (including phenoxy) is 1. The van der Waals surface area contributed by atoms with Crippen molar-refractivity contribution in [3.05, 3.63) is 83.7 Å². The third-order valence-electron chi connectivity index (χ3n) is 6.66. The van der Waals surface area contributed by atoms with Gasteiger partial charge in [-0.05, 0) is 54.7 Å². The van der Waals surface area contributed by atoms with Gasteiger partial charge in [0.05, 0.1) is 34.6 Å². The van der Waals surface area contributed by atoms with Crippen molar-refractivity contribution in [1.82, 2.24) is 9.55 Å². The molecule has 0 bridgehead atoms. The van der Waals surface area contributed by atoms with E-state index < -0.39 is 10.0 Å². The van der Waals surface area contributed by atoms with E-state index >= 15 is 0 Å². The molecule has 7 nitrogen and oxygen atoms in total. The Balaban J connectivity index is 1.70. The highest BCUT2D eigenvalue weighted by Crippen LogP contribution is 2.29. The zero-order valence-electron chi connectivity index (χ0n) is 22.9. The molecule has 39 heavy (non-hydrogen) atoms. The van der Waals surface area contributed by atoms with Gasteiger partial charge in [-0.2, -0.15) is 0 Å². The van der Waals surface area contributed by atoms with Gasteiger partial charge in [0.25, 0.3) is 0 Å². The standard InChI is InChI=1S/C31H37N3O4S/c1-4-7-16-29-32-27-14-11-15-28(33-39(36,37)21-8-5-2)30(27)34(29)22-23-17-19-24(20-18-23)25-12-9-10-13-26(25)31(35)38-6-3/h9-15,17-20,33H,4-8,16,21-22H2,1-3H3. The summed E-state index contributed by atoms with van der Waals surface area (Å²) in [6, 6.07) is 21.1. The summed E-state index contributed by atoms with van der Waals surface area (Å²) in [5, 5.41) is 0. The number of unbranched alkanes of at least 4 members (excludes halogenated alkanes) is 2. The summed E-state index contributed by atoms with van der Waals surface area (Å²) in [7, 11) is -3.47. The van der Waals surface area contributed by atoms with Crippen molar-refractivity contribution in [2.24, 2.45) is 0 Å². The van der Waals surface area contributed by atoms with Crippen LogP contribution in [0.5, 0.6) is 0 Å². The summed E-state index contributed by atoms with van der Waals surface area (Å²) in [5.41, 5.74) is 5.45. The second-order valence-electron chi connectivity index (χ2n) is 9.63. The normalized spacial score (nSPS) is 11.6. The van der Waals surface area contributed by atoms with Crippen molar-refractivity contribution in [1.29, 1.82) is 0 Å². The smallest absolute Gasteiger partial charge is 0.338 e. The molecule has 1 N–H and O–H groups in total. The number of benzene rings is 3. The topological polar surface area (TPSA) is 90.3 Å². The maximum Gasteiger partial charge on any atom is 0.338 e. The van der Waals surface area contributed by atoms with Gasteiger partial charge in [-0.25, -0.2) is 18.2 Å². The van der Waals surface area contributed by atoms with E-state index in [1.165, 1.54) is 0 Å². The Morgan fingerprint density at radius 1 is 0.923 bits per heavy atom. The lowest BCUT2D eigenvalue weighted by molar-refractivity contribution is 0.0527. The summed E-state index contributed by atoms with van der Waals surface area (Å²) in [4.78, 5) is 17.4. The number of nitrogens with one attached hydrogen (secondary N) is 1. The third kappa shape index (κ3) is 6.87.